The molecule has 1 heterocycles. The summed E-state index contributed by atoms with van der Waals surface area (Å²) in [5.74, 6) is -3.35. The maximum Gasteiger partial charge on any atom is 0.339 e. The second-order valence-corrected chi connectivity index (χ2v) is 5.37. The fourth-order valence-electron chi connectivity index (χ4n) is 1.91. The summed E-state index contributed by atoms with van der Waals surface area (Å²) in [5.41, 5.74) is -0.907. The van der Waals surface area contributed by atoms with E-state index >= 15 is 0 Å². The van der Waals surface area contributed by atoms with Crippen LogP contribution in [-0.4, -0.2) is 36.7 Å². The van der Waals surface area contributed by atoms with Gasteiger partial charge in [0.05, 0.1) is 17.8 Å². The van der Waals surface area contributed by atoms with E-state index in [1.807, 2.05) is 0 Å². The van der Waals surface area contributed by atoms with E-state index in [2.05, 4.69) is 5.10 Å². The van der Waals surface area contributed by atoms with Crippen LogP contribution in [0, 0.1) is 5.82 Å². The summed E-state index contributed by atoms with van der Waals surface area (Å²) in [5, 5.41) is 32.2. The third-order valence-electron chi connectivity index (χ3n) is 2.78. The molecule has 3 N–H and O–H groups in total. The summed E-state index contributed by atoms with van der Waals surface area (Å²) < 4.78 is 15.0. The topological polar surface area (TPSA) is 95.6 Å². The van der Waals surface area contributed by atoms with Crippen LogP contribution in [0.2, 0.25) is 0 Å². The molecule has 6 nitrogen and oxygen atoms in total. The van der Waals surface area contributed by atoms with Gasteiger partial charge in [-0.05, 0) is 32.0 Å². The lowest BCUT2D eigenvalue weighted by molar-refractivity contribution is 0.0578. The van der Waals surface area contributed by atoms with Crippen molar-refractivity contribution in [3.8, 4) is 17.0 Å². The molecule has 0 spiro atoms. The lowest BCUT2D eigenvalue weighted by Gasteiger charge is -2.16. The third-order valence-corrected chi connectivity index (χ3v) is 2.78. The number of carboxylic acids is 1. The zero-order chi connectivity index (χ0) is 15.8. The maximum atomic E-state index is 13.6. The molecule has 0 atom stereocenters. The van der Waals surface area contributed by atoms with Crippen LogP contribution in [0.1, 0.15) is 24.2 Å². The minimum atomic E-state index is -1.43. The molecule has 0 saturated carbocycles. The van der Waals surface area contributed by atoms with E-state index in [9.17, 15) is 19.4 Å². The van der Waals surface area contributed by atoms with Gasteiger partial charge in [0, 0.05) is 11.8 Å². The van der Waals surface area contributed by atoms with Gasteiger partial charge >= 0.3 is 5.97 Å². The summed E-state index contributed by atoms with van der Waals surface area (Å²) >= 11 is 0. The van der Waals surface area contributed by atoms with E-state index in [4.69, 9.17) is 5.11 Å². The Morgan fingerprint density at radius 3 is 2.67 bits per heavy atom. The largest absolute Gasteiger partial charge is 0.504 e. The van der Waals surface area contributed by atoms with Crippen LogP contribution in [0.15, 0.2) is 24.4 Å². The minimum Gasteiger partial charge on any atom is -0.504 e. The van der Waals surface area contributed by atoms with Gasteiger partial charge in [-0.25, -0.2) is 9.18 Å². The van der Waals surface area contributed by atoms with Crippen molar-refractivity contribution in [1.82, 2.24) is 9.78 Å². The molecule has 2 rings (SSSR count). The fraction of sp³-hybridized carbons (Fsp3) is 0.286. The standard InChI is InChI=1S/C14H15FN2O4/c1-14(2,21)7-17-4-3-11(16-17)8-5-9(13(19)20)12(18)10(15)6-8/h3-6,18,21H,7H2,1-2H3,(H,19,20). The van der Waals surface area contributed by atoms with E-state index in [0.717, 1.165) is 12.1 Å². The summed E-state index contributed by atoms with van der Waals surface area (Å²) in [6.07, 6.45) is 1.60. The molecular weight excluding hydrogens is 279 g/mol. The highest BCUT2D eigenvalue weighted by molar-refractivity contribution is 5.92. The fourth-order valence-corrected chi connectivity index (χ4v) is 1.91. The molecule has 1 aromatic carbocycles. The van der Waals surface area contributed by atoms with Gasteiger partial charge in [-0.15, -0.1) is 0 Å². The molecular formula is C14H15FN2O4. The molecule has 0 amide bonds. The first-order valence-electron chi connectivity index (χ1n) is 6.19. The van der Waals surface area contributed by atoms with Gasteiger partial charge in [-0.1, -0.05) is 0 Å². The third kappa shape index (κ3) is 3.38. The van der Waals surface area contributed by atoms with E-state index in [0.29, 0.717) is 5.69 Å². The van der Waals surface area contributed by atoms with Crippen LogP contribution >= 0.6 is 0 Å². The quantitative estimate of drug-likeness (QED) is 0.800. The van der Waals surface area contributed by atoms with Gasteiger partial charge in [-0.2, -0.15) is 5.10 Å². The van der Waals surface area contributed by atoms with Crippen molar-refractivity contribution in [2.24, 2.45) is 0 Å². The zero-order valence-corrected chi connectivity index (χ0v) is 11.5. The predicted molar refractivity (Wildman–Crippen MR) is 72.5 cm³/mol. The van der Waals surface area contributed by atoms with Crippen LogP contribution in [0.5, 0.6) is 5.75 Å². The molecule has 112 valence electrons. The summed E-state index contributed by atoms with van der Waals surface area (Å²) in [6, 6.07) is 3.74. The number of nitrogens with zero attached hydrogens (tertiary/aromatic N) is 2. The number of aliphatic hydroxyl groups is 1. The van der Waals surface area contributed by atoms with Gasteiger partial charge in [0.2, 0.25) is 0 Å². The lowest BCUT2D eigenvalue weighted by Crippen LogP contribution is -2.26. The van der Waals surface area contributed by atoms with Gasteiger partial charge in [0.15, 0.2) is 11.6 Å². The van der Waals surface area contributed by atoms with Gasteiger partial charge in [0.25, 0.3) is 0 Å². The van der Waals surface area contributed by atoms with E-state index in [-0.39, 0.29) is 12.1 Å². The summed E-state index contributed by atoms with van der Waals surface area (Å²) in [4.78, 5) is 11.0. The first-order chi connectivity index (χ1) is 9.67. The van der Waals surface area contributed by atoms with Crippen molar-refractivity contribution >= 4 is 5.97 Å². The normalized spacial score (nSPS) is 11.6. The van der Waals surface area contributed by atoms with Crippen LogP contribution in [0.25, 0.3) is 11.3 Å². The smallest absolute Gasteiger partial charge is 0.339 e. The lowest BCUT2D eigenvalue weighted by atomic mass is 10.1. The van der Waals surface area contributed by atoms with Crippen LogP contribution in [0.4, 0.5) is 4.39 Å². The predicted octanol–water partition coefficient (Wildman–Crippen LogP) is 1.86. The minimum absolute atomic E-state index is 0.234. The SMILES string of the molecule is CC(C)(O)Cn1ccc(-c2cc(F)c(O)c(C(=O)O)c2)n1. The molecule has 0 saturated heterocycles. The average molecular weight is 294 g/mol. The number of rotatable bonds is 4. The molecule has 0 fully saturated rings. The van der Waals surface area contributed by atoms with Crippen molar-refractivity contribution in [3.63, 3.8) is 0 Å². The molecule has 7 heteroatoms. The molecule has 0 unspecified atom stereocenters. The summed E-state index contributed by atoms with van der Waals surface area (Å²) in [6.45, 7) is 3.48. The number of halogens is 1. The van der Waals surface area contributed by atoms with Crippen LogP contribution < -0.4 is 0 Å². The number of aromatic nitrogens is 2. The first kappa shape index (κ1) is 15.0. The Hall–Kier alpha value is -2.41. The molecule has 1 aromatic heterocycles. The number of aromatic hydroxyl groups is 1. The van der Waals surface area contributed by atoms with E-state index in [1.165, 1.54) is 4.68 Å². The number of hydrogen-bond acceptors (Lipinski definition) is 4. The number of benzene rings is 1. The molecule has 21 heavy (non-hydrogen) atoms. The first-order valence-corrected chi connectivity index (χ1v) is 6.19. The van der Waals surface area contributed by atoms with Crippen LogP contribution in [0.3, 0.4) is 0 Å². The van der Waals surface area contributed by atoms with Crippen molar-refractivity contribution < 1.29 is 24.5 Å². The molecule has 0 aliphatic rings. The number of carbonyl (C=O) groups is 1. The van der Waals surface area contributed by atoms with Gasteiger partial charge in [0.1, 0.15) is 5.56 Å². The van der Waals surface area contributed by atoms with E-state index in [1.54, 1.807) is 26.1 Å². The zero-order valence-electron chi connectivity index (χ0n) is 11.5. The molecule has 0 radical (unpaired) electrons. The Balaban J connectivity index is 2.41. The Labute approximate surface area is 120 Å². The second-order valence-electron chi connectivity index (χ2n) is 5.37. The Morgan fingerprint density at radius 2 is 2.10 bits per heavy atom. The van der Waals surface area contributed by atoms with Gasteiger partial charge in [-0.3, -0.25) is 4.68 Å². The number of phenols is 1. The number of hydrogen-bond donors (Lipinski definition) is 3. The Morgan fingerprint density at radius 1 is 1.43 bits per heavy atom. The monoisotopic (exact) mass is 294 g/mol. The highest BCUT2D eigenvalue weighted by Crippen LogP contribution is 2.28. The molecule has 0 aliphatic carbocycles. The Kier molecular flexibility index (Phi) is 3.69. The highest BCUT2D eigenvalue weighted by atomic mass is 19.1. The van der Waals surface area contributed by atoms with Crippen molar-refractivity contribution in [3.05, 3.63) is 35.8 Å². The Bertz CT molecular complexity index is 689. The molecule has 2 aromatic rings. The second kappa shape index (κ2) is 5.17. The number of aromatic carboxylic acids is 1. The van der Waals surface area contributed by atoms with Crippen molar-refractivity contribution in [1.29, 1.82) is 0 Å². The highest BCUT2D eigenvalue weighted by Gasteiger charge is 2.18. The van der Waals surface area contributed by atoms with Gasteiger partial charge < -0.3 is 15.3 Å². The van der Waals surface area contributed by atoms with E-state index < -0.39 is 28.7 Å². The van der Waals surface area contributed by atoms with Crippen molar-refractivity contribution in [2.45, 2.75) is 26.0 Å². The maximum absolute atomic E-state index is 13.6. The van der Waals surface area contributed by atoms with Crippen molar-refractivity contribution in [2.75, 3.05) is 0 Å². The van der Waals surface area contributed by atoms with Crippen LogP contribution in [-0.2, 0) is 6.54 Å². The molecule has 0 aliphatic heterocycles. The summed E-state index contributed by atoms with van der Waals surface area (Å²) in [7, 11) is 0. The average Bonchev–Trinajstić information content (AvgIpc) is 2.78. The molecule has 0 bridgehead atoms. The number of carboxylic acid groups (broad SMARTS) is 1.